The van der Waals surface area contributed by atoms with E-state index in [1.807, 2.05) is 6.07 Å². The minimum atomic E-state index is -4.67. The Labute approximate surface area is 104 Å². The Morgan fingerprint density at radius 1 is 1.24 bits per heavy atom. The lowest BCUT2D eigenvalue weighted by Gasteiger charge is -1.82. The maximum Gasteiger partial charge on any atom is 0.394 e. The Kier molecular flexibility index (Phi) is 10.8. The zero-order valence-corrected chi connectivity index (χ0v) is 10.5. The van der Waals surface area contributed by atoms with Crippen LogP contribution in [0.15, 0.2) is 30.3 Å². The van der Waals surface area contributed by atoms with Crippen LogP contribution in [0, 0.1) is 0 Å². The van der Waals surface area contributed by atoms with Crippen molar-refractivity contribution in [1.82, 2.24) is 0 Å². The van der Waals surface area contributed by atoms with E-state index < -0.39 is 10.4 Å². The molecule has 0 fully saturated rings. The molecular weight excluding hydrogens is 272 g/mol. The van der Waals surface area contributed by atoms with Gasteiger partial charge in [0.05, 0.1) is 5.88 Å². The van der Waals surface area contributed by atoms with Gasteiger partial charge in [-0.15, -0.1) is 11.6 Å². The number of carbonyl (C=O) groups is 1. The van der Waals surface area contributed by atoms with Crippen LogP contribution >= 0.6 is 11.6 Å². The number of phenols is 1. The number of para-hydroxylation sites is 1. The van der Waals surface area contributed by atoms with E-state index in [0.29, 0.717) is 5.75 Å². The van der Waals surface area contributed by atoms with Crippen molar-refractivity contribution in [2.75, 3.05) is 5.88 Å². The predicted octanol–water partition coefficient (Wildman–Crippen LogP) is 1.55. The lowest BCUT2D eigenvalue weighted by Crippen LogP contribution is -1.89. The largest absolute Gasteiger partial charge is 0.508 e. The summed E-state index contributed by atoms with van der Waals surface area (Å²) in [6.07, 6.45) is 0. The SMILES string of the molecule is CC(=O)CCl.O=S(=O)(O)O.Oc1ccccc1. The van der Waals surface area contributed by atoms with Crippen LogP contribution < -0.4 is 0 Å². The van der Waals surface area contributed by atoms with Gasteiger partial charge in [0.1, 0.15) is 11.5 Å². The molecule has 0 amide bonds. The molecule has 0 aromatic heterocycles. The Morgan fingerprint density at radius 2 is 1.53 bits per heavy atom. The van der Waals surface area contributed by atoms with Gasteiger partial charge in [0.25, 0.3) is 0 Å². The van der Waals surface area contributed by atoms with Gasteiger partial charge >= 0.3 is 10.4 Å². The summed E-state index contributed by atoms with van der Waals surface area (Å²) in [6, 6.07) is 8.71. The molecule has 0 aliphatic rings. The average Bonchev–Trinajstić information content (AvgIpc) is 2.17. The van der Waals surface area contributed by atoms with Crippen LogP contribution in [-0.4, -0.2) is 34.3 Å². The Morgan fingerprint density at radius 3 is 1.65 bits per heavy atom. The lowest BCUT2D eigenvalue weighted by molar-refractivity contribution is -0.114. The molecule has 0 unspecified atom stereocenters. The summed E-state index contributed by atoms with van der Waals surface area (Å²) in [6.45, 7) is 1.45. The summed E-state index contributed by atoms with van der Waals surface area (Å²) in [5, 5.41) is 8.63. The third kappa shape index (κ3) is 31.3. The van der Waals surface area contributed by atoms with Crippen molar-refractivity contribution in [3.8, 4) is 5.75 Å². The van der Waals surface area contributed by atoms with Gasteiger partial charge in [-0.2, -0.15) is 8.42 Å². The van der Waals surface area contributed by atoms with E-state index >= 15 is 0 Å². The first-order valence-electron chi connectivity index (χ1n) is 4.16. The molecule has 0 aliphatic heterocycles. The third-order valence-electron chi connectivity index (χ3n) is 0.944. The van der Waals surface area contributed by atoms with Gasteiger partial charge in [0.15, 0.2) is 0 Å². The minimum absolute atomic E-state index is 0.0201. The van der Waals surface area contributed by atoms with Crippen LogP contribution in [-0.2, 0) is 15.2 Å². The zero-order chi connectivity index (χ0) is 13.9. The van der Waals surface area contributed by atoms with E-state index in [1.54, 1.807) is 24.3 Å². The van der Waals surface area contributed by atoms with Crippen LogP contribution in [0.1, 0.15) is 6.92 Å². The molecule has 6 nitrogen and oxygen atoms in total. The highest BCUT2D eigenvalue weighted by Gasteiger charge is 1.84. The molecule has 0 bridgehead atoms. The van der Waals surface area contributed by atoms with Crippen molar-refractivity contribution in [3.63, 3.8) is 0 Å². The maximum atomic E-state index is 9.68. The fourth-order valence-corrected chi connectivity index (χ4v) is 0.428. The summed E-state index contributed by atoms with van der Waals surface area (Å²) in [4.78, 5) is 9.68. The number of hydrogen-bond acceptors (Lipinski definition) is 4. The summed E-state index contributed by atoms with van der Waals surface area (Å²) in [5.74, 6) is 0.481. The van der Waals surface area contributed by atoms with Gasteiger partial charge in [-0.05, 0) is 19.1 Å². The molecule has 0 saturated carbocycles. The number of rotatable bonds is 1. The quantitative estimate of drug-likeness (QED) is 0.533. The fourth-order valence-electron chi connectivity index (χ4n) is 0.428. The molecule has 0 aliphatic carbocycles. The van der Waals surface area contributed by atoms with Gasteiger partial charge in [-0.1, -0.05) is 18.2 Å². The summed E-state index contributed by atoms with van der Waals surface area (Å²) in [5.41, 5.74) is 0. The van der Waals surface area contributed by atoms with Gasteiger partial charge < -0.3 is 5.11 Å². The standard InChI is InChI=1S/C6H6O.C3H5ClO.H2O4S/c7-6-4-2-1-3-5-6;1-3(5)2-4;1-5(2,3)4/h1-5,7H;2H2,1H3;(H2,1,2,3,4). The third-order valence-corrected chi connectivity index (χ3v) is 1.32. The van der Waals surface area contributed by atoms with Crippen molar-refractivity contribution >= 4 is 27.8 Å². The average molecular weight is 285 g/mol. The van der Waals surface area contributed by atoms with Crippen LogP contribution in [0.3, 0.4) is 0 Å². The number of phenolic OH excluding ortho intramolecular Hbond substituents is 1. The molecule has 0 heterocycles. The van der Waals surface area contributed by atoms with Crippen LogP contribution in [0.5, 0.6) is 5.75 Å². The van der Waals surface area contributed by atoms with Gasteiger partial charge in [-0.3, -0.25) is 13.9 Å². The maximum absolute atomic E-state index is 9.68. The van der Waals surface area contributed by atoms with Crippen molar-refractivity contribution in [3.05, 3.63) is 30.3 Å². The second-order valence-corrected chi connectivity index (χ2v) is 3.78. The van der Waals surface area contributed by atoms with Crippen molar-refractivity contribution in [2.24, 2.45) is 0 Å². The second kappa shape index (κ2) is 10.0. The van der Waals surface area contributed by atoms with Crippen LogP contribution in [0.25, 0.3) is 0 Å². The number of halogens is 1. The van der Waals surface area contributed by atoms with E-state index in [2.05, 4.69) is 0 Å². The molecule has 3 N–H and O–H groups in total. The number of carbonyl (C=O) groups excluding carboxylic acids is 1. The number of benzene rings is 1. The number of alkyl halides is 1. The Balaban J connectivity index is 0. The summed E-state index contributed by atoms with van der Waals surface area (Å²) >= 11 is 4.99. The predicted molar refractivity (Wildman–Crippen MR) is 63.7 cm³/mol. The molecule has 17 heavy (non-hydrogen) atoms. The molecule has 1 aromatic carbocycles. The highest BCUT2D eigenvalue weighted by molar-refractivity contribution is 7.79. The molecule has 1 aromatic rings. The highest BCUT2D eigenvalue weighted by atomic mass is 35.5. The van der Waals surface area contributed by atoms with E-state index in [1.165, 1.54) is 6.92 Å². The zero-order valence-electron chi connectivity index (χ0n) is 8.95. The molecule has 0 saturated heterocycles. The van der Waals surface area contributed by atoms with Crippen molar-refractivity contribution in [1.29, 1.82) is 0 Å². The summed E-state index contributed by atoms with van der Waals surface area (Å²) in [7, 11) is -4.67. The van der Waals surface area contributed by atoms with Crippen LogP contribution in [0.2, 0.25) is 0 Å². The molecule has 0 atom stereocenters. The number of hydrogen-bond donors (Lipinski definition) is 3. The molecule has 1 rings (SSSR count). The van der Waals surface area contributed by atoms with E-state index in [0.717, 1.165) is 0 Å². The van der Waals surface area contributed by atoms with Gasteiger partial charge in [-0.25, -0.2) is 0 Å². The number of ketones is 1. The molecule has 0 radical (unpaired) electrons. The smallest absolute Gasteiger partial charge is 0.394 e. The van der Waals surface area contributed by atoms with Crippen LogP contribution in [0.4, 0.5) is 0 Å². The first-order chi connectivity index (χ1) is 7.66. The molecule has 0 spiro atoms. The fraction of sp³-hybridized carbons (Fsp3) is 0.222. The summed E-state index contributed by atoms with van der Waals surface area (Å²) < 4.78 is 31.6. The first kappa shape index (κ1) is 18.2. The Hall–Kier alpha value is -1.15. The monoisotopic (exact) mass is 284 g/mol. The molecular formula is C9H13ClO6S. The lowest BCUT2D eigenvalue weighted by atomic mass is 10.3. The van der Waals surface area contributed by atoms with Gasteiger partial charge in [0, 0.05) is 0 Å². The minimum Gasteiger partial charge on any atom is -0.508 e. The van der Waals surface area contributed by atoms with E-state index in [-0.39, 0.29) is 11.7 Å². The Bertz CT molecular complexity index is 395. The number of aromatic hydroxyl groups is 1. The topological polar surface area (TPSA) is 112 Å². The molecule has 98 valence electrons. The first-order valence-corrected chi connectivity index (χ1v) is 6.09. The highest BCUT2D eigenvalue weighted by Crippen LogP contribution is 2.02. The molecule has 8 heteroatoms. The van der Waals surface area contributed by atoms with Crippen molar-refractivity contribution in [2.45, 2.75) is 6.92 Å². The van der Waals surface area contributed by atoms with E-state index in [4.69, 9.17) is 34.2 Å². The van der Waals surface area contributed by atoms with Gasteiger partial charge in [0.2, 0.25) is 0 Å². The van der Waals surface area contributed by atoms with Crippen molar-refractivity contribution < 1.29 is 27.4 Å². The normalized spacial score (nSPS) is 9.18. The van der Waals surface area contributed by atoms with E-state index in [9.17, 15) is 4.79 Å². The second-order valence-electron chi connectivity index (χ2n) is 2.62. The number of Topliss-reactive ketones (excluding diaryl/α,β-unsaturated/α-hetero) is 1.